The molecule has 0 saturated heterocycles. The van der Waals surface area contributed by atoms with Gasteiger partial charge < -0.3 is 4.74 Å². The fourth-order valence-corrected chi connectivity index (χ4v) is 2.39. The van der Waals surface area contributed by atoms with E-state index in [0.29, 0.717) is 3.92 Å². The predicted octanol–water partition coefficient (Wildman–Crippen LogP) is 3.86. The number of hydrogen-bond donors (Lipinski definition) is 0. The summed E-state index contributed by atoms with van der Waals surface area (Å²) in [6.07, 6.45) is 1.03. The smallest absolute Gasteiger partial charge is 0.123 e. The molecule has 1 heterocycles. The molecule has 1 nitrogen and oxygen atoms in total. The standard InChI is InChI=1S/C11H12ClIO/c1-11(2)10(13)6-7-5-8(12)3-4-9(7)14-11/h3-5,10H,6H2,1-2H3/t10-/m0/s1. The number of halogens is 2. The van der Waals surface area contributed by atoms with Crippen molar-refractivity contribution in [1.29, 1.82) is 0 Å². The molecule has 0 bridgehead atoms. The zero-order valence-corrected chi connectivity index (χ0v) is 11.1. The Morgan fingerprint density at radius 3 is 2.93 bits per heavy atom. The van der Waals surface area contributed by atoms with Crippen molar-refractivity contribution in [3.05, 3.63) is 28.8 Å². The molecule has 2 rings (SSSR count). The molecule has 0 aliphatic carbocycles. The molecule has 0 spiro atoms. The number of hydrogen-bond acceptors (Lipinski definition) is 1. The zero-order valence-electron chi connectivity index (χ0n) is 8.18. The summed E-state index contributed by atoms with van der Waals surface area (Å²) in [5, 5.41) is 0.788. The second-order valence-corrected chi connectivity index (χ2v) is 6.07. The second kappa shape index (κ2) is 3.56. The van der Waals surface area contributed by atoms with Gasteiger partial charge >= 0.3 is 0 Å². The molecule has 0 saturated carbocycles. The molecule has 0 amide bonds. The number of ether oxygens (including phenoxy) is 1. The molecule has 1 aromatic rings. The molecule has 0 fully saturated rings. The quantitative estimate of drug-likeness (QED) is 0.521. The summed E-state index contributed by atoms with van der Waals surface area (Å²) >= 11 is 8.38. The van der Waals surface area contributed by atoms with E-state index in [-0.39, 0.29) is 5.60 Å². The number of alkyl halides is 1. The summed E-state index contributed by atoms with van der Waals surface area (Å²) in [5.74, 6) is 0.979. The molecular weight excluding hydrogens is 310 g/mol. The largest absolute Gasteiger partial charge is 0.486 e. The monoisotopic (exact) mass is 322 g/mol. The van der Waals surface area contributed by atoms with Crippen LogP contribution in [0.15, 0.2) is 18.2 Å². The lowest BCUT2D eigenvalue weighted by Gasteiger charge is -2.37. The molecule has 1 aliphatic rings. The highest BCUT2D eigenvalue weighted by atomic mass is 127. The summed E-state index contributed by atoms with van der Waals surface area (Å²) in [4.78, 5) is 0. The number of rotatable bonds is 0. The Morgan fingerprint density at radius 2 is 2.21 bits per heavy atom. The minimum atomic E-state index is -0.0820. The van der Waals surface area contributed by atoms with Crippen LogP contribution in [0.2, 0.25) is 5.02 Å². The Labute approximate surface area is 103 Å². The summed E-state index contributed by atoms with van der Waals surface area (Å²) in [7, 11) is 0. The maximum Gasteiger partial charge on any atom is 0.123 e. The Balaban J connectivity index is 2.41. The minimum absolute atomic E-state index is 0.0820. The Bertz CT molecular complexity index is 362. The van der Waals surface area contributed by atoms with Crippen LogP contribution in [0.3, 0.4) is 0 Å². The van der Waals surface area contributed by atoms with Crippen LogP contribution in [-0.2, 0) is 6.42 Å². The van der Waals surface area contributed by atoms with Crippen molar-refractivity contribution < 1.29 is 4.74 Å². The van der Waals surface area contributed by atoms with E-state index < -0.39 is 0 Å². The van der Waals surface area contributed by atoms with Gasteiger partial charge in [0.1, 0.15) is 11.4 Å². The molecule has 1 aromatic carbocycles. The summed E-state index contributed by atoms with van der Waals surface area (Å²) in [6, 6.07) is 5.84. The third kappa shape index (κ3) is 1.87. The second-order valence-electron chi connectivity index (χ2n) is 4.13. The van der Waals surface area contributed by atoms with Crippen molar-refractivity contribution in [2.75, 3.05) is 0 Å². The van der Waals surface area contributed by atoms with E-state index in [9.17, 15) is 0 Å². The van der Waals surface area contributed by atoms with Crippen LogP contribution < -0.4 is 4.74 Å². The van der Waals surface area contributed by atoms with E-state index in [1.165, 1.54) is 5.56 Å². The number of benzene rings is 1. The fraction of sp³-hybridized carbons (Fsp3) is 0.455. The first kappa shape index (κ1) is 10.6. The van der Waals surface area contributed by atoms with Gasteiger partial charge in [0, 0.05) is 5.02 Å². The molecule has 14 heavy (non-hydrogen) atoms. The first-order valence-electron chi connectivity index (χ1n) is 4.60. The van der Waals surface area contributed by atoms with Crippen molar-refractivity contribution in [3.63, 3.8) is 0 Å². The average Bonchev–Trinajstić information content (AvgIpc) is 2.08. The highest BCUT2D eigenvalue weighted by molar-refractivity contribution is 14.1. The topological polar surface area (TPSA) is 9.23 Å². The van der Waals surface area contributed by atoms with Crippen LogP contribution >= 0.6 is 34.2 Å². The highest BCUT2D eigenvalue weighted by Crippen LogP contribution is 2.37. The molecule has 1 atom stereocenters. The van der Waals surface area contributed by atoms with Crippen LogP contribution in [0.1, 0.15) is 19.4 Å². The van der Waals surface area contributed by atoms with Crippen molar-refractivity contribution in [1.82, 2.24) is 0 Å². The van der Waals surface area contributed by atoms with Crippen LogP contribution in [-0.4, -0.2) is 9.53 Å². The molecule has 3 heteroatoms. The normalized spacial score (nSPS) is 23.9. The molecule has 0 aromatic heterocycles. The van der Waals surface area contributed by atoms with E-state index in [0.717, 1.165) is 17.2 Å². The maximum absolute atomic E-state index is 5.94. The zero-order chi connectivity index (χ0) is 10.3. The van der Waals surface area contributed by atoms with Gasteiger partial charge in [-0.2, -0.15) is 0 Å². The van der Waals surface area contributed by atoms with Crippen LogP contribution in [0.4, 0.5) is 0 Å². The van der Waals surface area contributed by atoms with Gasteiger partial charge in [-0.25, -0.2) is 0 Å². The first-order valence-corrected chi connectivity index (χ1v) is 6.23. The Hall–Kier alpha value is 0.0400. The lowest BCUT2D eigenvalue weighted by Crippen LogP contribution is -2.42. The fourth-order valence-electron chi connectivity index (χ4n) is 1.59. The van der Waals surface area contributed by atoms with E-state index in [2.05, 4.69) is 36.4 Å². The molecule has 0 unspecified atom stereocenters. The van der Waals surface area contributed by atoms with Gasteiger partial charge in [0.25, 0.3) is 0 Å². The van der Waals surface area contributed by atoms with E-state index in [4.69, 9.17) is 16.3 Å². The molecular formula is C11H12ClIO. The van der Waals surface area contributed by atoms with E-state index in [1.807, 2.05) is 18.2 Å². The van der Waals surface area contributed by atoms with Gasteiger partial charge in [0.05, 0.1) is 3.92 Å². The first-order chi connectivity index (χ1) is 6.49. The number of fused-ring (bicyclic) bond motifs is 1. The molecule has 1 aliphatic heterocycles. The molecule has 0 N–H and O–H groups in total. The van der Waals surface area contributed by atoms with Gasteiger partial charge in [0.2, 0.25) is 0 Å². The molecule has 0 radical (unpaired) electrons. The summed E-state index contributed by atoms with van der Waals surface area (Å²) in [6.45, 7) is 4.25. The van der Waals surface area contributed by atoms with Crippen molar-refractivity contribution in [2.45, 2.75) is 29.8 Å². The van der Waals surface area contributed by atoms with Gasteiger partial charge in [-0.15, -0.1) is 0 Å². The summed E-state index contributed by atoms with van der Waals surface area (Å²) in [5.41, 5.74) is 1.14. The van der Waals surface area contributed by atoms with Crippen LogP contribution in [0.25, 0.3) is 0 Å². The van der Waals surface area contributed by atoms with Gasteiger partial charge in [-0.05, 0) is 44.0 Å². The molecule has 76 valence electrons. The Morgan fingerprint density at radius 1 is 1.50 bits per heavy atom. The third-order valence-corrected chi connectivity index (χ3v) is 4.72. The van der Waals surface area contributed by atoms with E-state index >= 15 is 0 Å². The van der Waals surface area contributed by atoms with Crippen molar-refractivity contribution in [2.24, 2.45) is 0 Å². The van der Waals surface area contributed by atoms with Crippen molar-refractivity contribution >= 4 is 34.2 Å². The van der Waals surface area contributed by atoms with Gasteiger partial charge in [0.15, 0.2) is 0 Å². The minimum Gasteiger partial charge on any atom is -0.486 e. The van der Waals surface area contributed by atoms with Gasteiger partial charge in [-0.1, -0.05) is 34.2 Å². The van der Waals surface area contributed by atoms with Crippen LogP contribution in [0, 0.1) is 0 Å². The Kier molecular flexibility index (Phi) is 2.68. The highest BCUT2D eigenvalue weighted by Gasteiger charge is 2.34. The van der Waals surface area contributed by atoms with Crippen LogP contribution in [0.5, 0.6) is 5.75 Å². The third-order valence-electron chi connectivity index (χ3n) is 2.55. The average molecular weight is 323 g/mol. The van der Waals surface area contributed by atoms with Gasteiger partial charge in [-0.3, -0.25) is 0 Å². The SMILES string of the molecule is CC1(C)Oc2ccc(Cl)cc2C[C@@H]1I. The summed E-state index contributed by atoms with van der Waals surface area (Å²) < 4.78 is 6.41. The predicted molar refractivity (Wildman–Crippen MR) is 67.7 cm³/mol. The van der Waals surface area contributed by atoms with Crippen molar-refractivity contribution in [3.8, 4) is 5.75 Å². The lowest BCUT2D eigenvalue weighted by atomic mass is 9.94. The maximum atomic E-state index is 5.94. The van der Waals surface area contributed by atoms with E-state index in [1.54, 1.807) is 0 Å². The lowest BCUT2D eigenvalue weighted by molar-refractivity contribution is 0.0965.